The summed E-state index contributed by atoms with van der Waals surface area (Å²) in [4.78, 5) is 14.1. The average Bonchev–Trinajstić information content (AvgIpc) is 3.00. The molecular weight excluding hydrogens is 280 g/mol. The summed E-state index contributed by atoms with van der Waals surface area (Å²) < 4.78 is 7.02. The van der Waals surface area contributed by atoms with Crippen molar-refractivity contribution in [2.45, 2.75) is 12.6 Å². The third-order valence-corrected chi connectivity index (χ3v) is 3.48. The van der Waals surface area contributed by atoms with E-state index >= 15 is 0 Å². The van der Waals surface area contributed by atoms with Crippen molar-refractivity contribution in [3.05, 3.63) is 48.3 Å². The second-order valence-corrected chi connectivity index (χ2v) is 5.23. The molecule has 0 fully saturated rings. The number of carbonyl (C=O) groups excluding carboxylic acids is 1. The fraction of sp³-hybridized carbons (Fsp3) is 0.375. The predicted molar refractivity (Wildman–Crippen MR) is 84.7 cm³/mol. The minimum atomic E-state index is -0.0644. The number of nitrogens with zero attached hydrogens (tertiary/aromatic N) is 3. The lowest BCUT2D eigenvalue weighted by Gasteiger charge is -2.26. The lowest BCUT2D eigenvalue weighted by atomic mass is 10.0. The first-order valence-electron chi connectivity index (χ1n) is 7.15. The van der Waals surface area contributed by atoms with E-state index in [0.717, 1.165) is 11.3 Å². The summed E-state index contributed by atoms with van der Waals surface area (Å²) in [5, 5.41) is 6.98. The Labute approximate surface area is 130 Å². The summed E-state index contributed by atoms with van der Waals surface area (Å²) in [5.74, 6) is 0.757. The van der Waals surface area contributed by atoms with Crippen LogP contribution in [0, 0.1) is 0 Å². The van der Waals surface area contributed by atoms with Gasteiger partial charge < -0.3 is 15.0 Å². The molecule has 0 bridgehead atoms. The van der Waals surface area contributed by atoms with Gasteiger partial charge in [-0.1, -0.05) is 18.2 Å². The molecule has 0 aliphatic heterocycles. The number of para-hydroxylation sites is 1. The molecule has 0 aliphatic carbocycles. The number of hydrogen-bond donors (Lipinski definition) is 1. The Kier molecular flexibility index (Phi) is 5.55. The van der Waals surface area contributed by atoms with Gasteiger partial charge in [-0.25, -0.2) is 0 Å². The number of rotatable bonds is 7. The van der Waals surface area contributed by atoms with Crippen LogP contribution in [0.3, 0.4) is 0 Å². The molecule has 1 aromatic heterocycles. The Morgan fingerprint density at radius 2 is 2.14 bits per heavy atom. The van der Waals surface area contributed by atoms with Crippen molar-refractivity contribution in [3.8, 4) is 5.75 Å². The van der Waals surface area contributed by atoms with Crippen LogP contribution in [0.5, 0.6) is 5.75 Å². The number of methoxy groups -OCH3 is 1. The minimum Gasteiger partial charge on any atom is -0.496 e. The third kappa shape index (κ3) is 4.08. The number of aromatic nitrogens is 2. The normalized spacial score (nSPS) is 12.2. The zero-order valence-electron chi connectivity index (χ0n) is 13.2. The molecule has 22 heavy (non-hydrogen) atoms. The Bertz CT molecular complexity index is 596. The molecule has 0 spiro atoms. The lowest BCUT2D eigenvalue weighted by molar-refractivity contribution is -0.122. The number of carbonyl (C=O) groups is 1. The van der Waals surface area contributed by atoms with Crippen molar-refractivity contribution in [1.29, 1.82) is 0 Å². The molecule has 6 nitrogen and oxygen atoms in total. The van der Waals surface area contributed by atoms with Crippen molar-refractivity contribution in [2.24, 2.45) is 0 Å². The molecule has 1 N–H and O–H groups in total. The van der Waals surface area contributed by atoms with Crippen LogP contribution < -0.4 is 10.1 Å². The highest BCUT2D eigenvalue weighted by Gasteiger charge is 2.19. The first-order valence-corrected chi connectivity index (χ1v) is 7.15. The fourth-order valence-electron chi connectivity index (χ4n) is 2.32. The van der Waals surface area contributed by atoms with Crippen molar-refractivity contribution in [3.63, 3.8) is 0 Å². The maximum Gasteiger partial charge on any atom is 0.241 e. The predicted octanol–water partition coefficient (Wildman–Crippen LogP) is 1.31. The van der Waals surface area contributed by atoms with Crippen LogP contribution in [-0.2, 0) is 11.3 Å². The van der Waals surface area contributed by atoms with Gasteiger partial charge in [-0.15, -0.1) is 0 Å². The maximum absolute atomic E-state index is 12.0. The number of hydrogen-bond acceptors (Lipinski definition) is 4. The molecule has 2 aromatic rings. The number of amides is 1. The van der Waals surface area contributed by atoms with E-state index in [1.165, 1.54) is 0 Å². The molecule has 1 atom stereocenters. The highest BCUT2D eigenvalue weighted by Crippen LogP contribution is 2.27. The number of ether oxygens (including phenoxy) is 1. The van der Waals surface area contributed by atoms with Gasteiger partial charge in [0, 0.05) is 24.5 Å². The van der Waals surface area contributed by atoms with E-state index in [2.05, 4.69) is 15.3 Å². The largest absolute Gasteiger partial charge is 0.496 e. The zero-order valence-corrected chi connectivity index (χ0v) is 13.2. The van der Waals surface area contributed by atoms with Crippen LogP contribution in [-0.4, -0.2) is 48.3 Å². The number of benzene rings is 1. The van der Waals surface area contributed by atoms with Gasteiger partial charge in [-0.2, -0.15) is 5.10 Å². The summed E-state index contributed by atoms with van der Waals surface area (Å²) in [7, 11) is 5.62. The molecule has 0 saturated heterocycles. The maximum atomic E-state index is 12.0. The molecular formula is C16H22N4O2. The number of likely N-dealkylation sites (N-methyl/N-ethyl adjacent to an activating group) is 1. The highest BCUT2D eigenvalue weighted by atomic mass is 16.5. The van der Waals surface area contributed by atoms with Crippen LogP contribution in [0.2, 0.25) is 0 Å². The summed E-state index contributed by atoms with van der Waals surface area (Å²) in [6.45, 7) is 0.729. The molecule has 0 aliphatic rings. The van der Waals surface area contributed by atoms with Gasteiger partial charge >= 0.3 is 0 Å². The van der Waals surface area contributed by atoms with Gasteiger partial charge in [0.25, 0.3) is 0 Å². The van der Waals surface area contributed by atoms with Crippen LogP contribution in [0.15, 0.2) is 42.7 Å². The summed E-state index contributed by atoms with van der Waals surface area (Å²) >= 11 is 0. The van der Waals surface area contributed by atoms with Crippen molar-refractivity contribution in [2.75, 3.05) is 27.7 Å². The molecule has 118 valence electrons. The highest BCUT2D eigenvalue weighted by molar-refractivity contribution is 5.75. The first kappa shape index (κ1) is 16.0. The van der Waals surface area contributed by atoms with E-state index < -0.39 is 0 Å². The minimum absolute atomic E-state index is 0.0396. The standard InChI is InChI=1S/C16H22N4O2/c1-19(2)14(13-7-4-5-8-15(13)22-3)11-17-16(21)12-20-10-6-9-18-20/h4-10,14H,11-12H2,1-3H3,(H,17,21)/t14-/m1/s1. The lowest BCUT2D eigenvalue weighted by Crippen LogP contribution is -2.36. The van der Waals surface area contributed by atoms with Crippen molar-refractivity contribution < 1.29 is 9.53 Å². The van der Waals surface area contributed by atoms with E-state index in [1.807, 2.05) is 38.4 Å². The quantitative estimate of drug-likeness (QED) is 0.838. The fourth-order valence-corrected chi connectivity index (χ4v) is 2.32. The summed E-state index contributed by atoms with van der Waals surface area (Å²) in [5.41, 5.74) is 1.05. The molecule has 6 heteroatoms. The second-order valence-electron chi connectivity index (χ2n) is 5.23. The van der Waals surface area contributed by atoms with E-state index in [9.17, 15) is 4.79 Å². The van der Waals surface area contributed by atoms with E-state index in [-0.39, 0.29) is 18.5 Å². The van der Waals surface area contributed by atoms with Gasteiger partial charge in [0.2, 0.25) is 5.91 Å². The number of nitrogens with one attached hydrogen (secondary N) is 1. The zero-order chi connectivity index (χ0) is 15.9. The van der Waals surface area contributed by atoms with Gasteiger partial charge in [0.1, 0.15) is 12.3 Å². The Balaban J connectivity index is 2.01. The topological polar surface area (TPSA) is 59.4 Å². The van der Waals surface area contributed by atoms with Gasteiger partial charge in [-0.3, -0.25) is 9.48 Å². The SMILES string of the molecule is COc1ccccc1[C@@H](CNC(=O)Cn1cccn1)N(C)C. The van der Waals surface area contributed by atoms with Gasteiger partial charge in [0.15, 0.2) is 0 Å². The second kappa shape index (κ2) is 7.61. The third-order valence-electron chi connectivity index (χ3n) is 3.48. The van der Waals surface area contributed by atoms with E-state index in [0.29, 0.717) is 6.54 Å². The van der Waals surface area contributed by atoms with Crippen LogP contribution in [0.1, 0.15) is 11.6 Å². The average molecular weight is 302 g/mol. The Morgan fingerprint density at radius 3 is 2.77 bits per heavy atom. The van der Waals surface area contributed by atoms with Crippen molar-refractivity contribution >= 4 is 5.91 Å². The smallest absolute Gasteiger partial charge is 0.241 e. The molecule has 0 radical (unpaired) electrons. The Morgan fingerprint density at radius 1 is 1.36 bits per heavy atom. The van der Waals surface area contributed by atoms with Crippen LogP contribution >= 0.6 is 0 Å². The van der Waals surface area contributed by atoms with Gasteiger partial charge in [0.05, 0.1) is 13.2 Å². The first-order chi connectivity index (χ1) is 10.6. The Hall–Kier alpha value is -2.34. The molecule has 1 amide bonds. The molecule has 1 aromatic carbocycles. The van der Waals surface area contributed by atoms with Crippen molar-refractivity contribution in [1.82, 2.24) is 20.0 Å². The molecule has 0 unspecified atom stereocenters. The van der Waals surface area contributed by atoms with Crippen LogP contribution in [0.4, 0.5) is 0 Å². The molecule has 0 saturated carbocycles. The summed E-state index contributed by atoms with van der Waals surface area (Å²) in [6.07, 6.45) is 3.42. The monoisotopic (exact) mass is 302 g/mol. The van der Waals surface area contributed by atoms with Crippen LogP contribution in [0.25, 0.3) is 0 Å². The van der Waals surface area contributed by atoms with E-state index in [4.69, 9.17) is 4.74 Å². The van der Waals surface area contributed by atoms with E-state index in [1.54, 1.807) is 30.3 Å². The molecule has 2 rings (SSSR count). The van der Waals surface area contributed by atoms with Gasteiger partial charge in [-0.05, 0) is 26.2 Å². The molecule has 1 heterocycles. The summed E-state index contributed by atoms with van der Waals surface area (Å²) in [6, 6.07) is 9.69.